The van der Waals surface area contributed by atoms with E-state index in [1.807, 2.05) is 0 Å². The van der Waals surface area contributed by atoms with Crippen molar-refractivity contribution in [3.63, 3.8) is 0 Å². The van der Waals surface area contributed by atoms with Gasteiger partial charge in [0.1, 0.15) is 11.2 Å². The maximum absolute atomic E-state index is 6.61. The van der Waals surface area contributed by atoms with Gasteiger partial charge in [0.15, 0.2) is 0 Å². The lowest BCUT2D eigenvalue weighted by atomic mass is 9.82. The van der Waals surface area contributed by atoms with Gasteiger partial charge in [-0.1, -0.05) is 166 Å². The van der Waals surface area contributed by atoms with E-state index in [0.717, 1.165) is 61.2 Å². The van der Waals surface area contributed by atoms with Crippen LogP contribution in [0.25, 0.3) is 93.6 Å². The summed E-state index contributed by atoms with van der Waals surface area (Å²) in [5, 5.41) is 7.01. The largest absolute Gasteiger partial charge is 0.455 e. The van der Waals surface area contributed by atoms with E-state index in [1.165, 1.54) is 60.6 Å². The van der Waals surface area contributed by atoms with Crippen LogP contribution in [0.15, 0.2) is 223 Å². The average Bonchev–Trinajstić information content (AvgIpc) is 3.98. The van der Waals surface area contributed by atoms with Crippen molar-refractivity contribution in [2.75, 3.05) is 4.90 Å². The zero-order valence-corrected chi connectivity index (χ0v) is 35.6. The van der Waals surface area contributed by atoms with Crippen LogP contribution in [0.2, 0.25) is 0 Å². The van der Waals surface area contributed by atoms with E-state index in [4.69, 9.17) is 4.42 Å². The number of rotatable bonds is 6. The number of nitrogens with zero attached hydrogens (tertiary/aromatic N) is 2. The quantitative estimate of drug-likeness (QED) is 0.167. The highest BCUT2D eigenvalue weighted by Crippen LogP contribution is 2.54. The van der Waals surface area contributed by atoms with Crippen LogP contribution in [0.1, 0.15) is 25.0 Å². The van der Waals surface area contributed by atoms with Crippen molar-refractivity contribution in [1.29, 1.82) is 0 Å². The number of fused-ring (bicyclic) bond motifs is 11. The molecule has 3 heteroatoms. The average molecular weight is 819 g/mol. The van der Waals surface area contributed by atoms with Crippen molar-refractivity contribution in [3.8, 4) is 39.1 Å². The highest BCUT2D eigenvalue weighted by Gasteiger charge is 2.37. The molecule has 12 aromatic rings. The van der Waals surface area contributed by atoms with Gasteiger partial charge >= 0.3 is 0 Å². The lowest BCUT2D eigenvalue weighted by molar-refractivity contribution is 0.660. The van der Waals surface area contributed by atoms with Gasteiger partial charge in [-0.3, -0.25) is 0 Å². The standard InChI is InChI=1S/C61H42N2O/c1-61(2)52-25-11-8-22-49(52)58-48(24-14-26-53(58)61)46-20-9-12-27-54(46)62(43-35-37-56-51(38-43)47-21-10-13-28-55(47)63(56)41-17-4-3-5-18-41)42-33-30-40(31-34-42)44-23-15-29-57-59(44)50-36-32-39-16-6-7-19-45(39)60(50)64-57/h3-38H,1-2H3. The molecule has 0 fully saturated rings. The molecule has 0 saturated carbocycles. The van der Waals surface area contributed by atoms with Crippen molar-refractivity contribution in [3.05, 3.63) is 230 Å². The molecule has 10 aromatic carbocycles. The Hall–Kier alpha value is -8.14. The SMILES string of the molecule is CC1(C)c2ccccc2-c2c(-c3ccccc3N(c3ccc(-c4cccc5oc6c7ccccc7ccc6c45)cc3)c3ccc4c(c3)c3ccccc3n4-c3ccccc3)cccc21. The lowest BCUT2D eigenvalue weighted by Gasteiger charge is -2.29. The number of benzene rings is 10. The minimum Gasteiger partial charge on any atom is -0.455 e. The molecule has 0 N–H and O–H groups in total. The summed E-state index contributed by atoms with van der Waals surface area (Å²) in [5.41, 5.74) is 18.6. The van der Waals surface area contributed by atoms with E-state index >= 15 is 0 Å². The molecule has 0 amide bonds. The third-order valence-electron chi connectivity index (χ3n) is 13.8. The first kappa shape index (κ1) is 36.5. The second-order valence-corrected chi connectivity index (χ2v) is 17.6. The summed E-state index contributed by atoms with van der Waals surface area (Å²) in [6.07, 6.45) is 0. The van der Waals surface area contributed by atoms with E-state index < -0.39 is 0 Å². The van der Waals surface area contributed by atoms with Crippen molar-refractivity contribution >= 4 is 71.6 Å². The summed E-state index contributed by atoms with van der Waals surface area (Å²) in [5.74, 6) is 0. The summed E-state index contributed by atoms with van der Waals surface area (Å²) in [4.78, 5) is 2.46. The number of para-hydroxylation sites is 3. The second-order valence-electron chi connectivity index (χ2n) is 17.6. The minimum atomic E-state index is -0.110. The Morgan fingerprint density at radius 2 is 1.09 bits per heavy atom. The molecule has 0 radical (unpaired) electrons. The van der Waals surface area contributed by atoms with Crippen LogP contribution >= 0.6 is 0 Å². The van der Waals surface area contributed by atoms with Gasteiger partial charge in [-0.05, 0) is 111 Å². The zero-order valence-electron chi connectivity index (χ0n) is 35.6. The van der Waals surface area contributed by atoms with E-state index in [9.17, 15) is 0 Å². The van der Waals surface area contributed by atoms with Crippen LogP contribution in [-0.4, -0.2) is 4.57 Å². The molecule has 1 aliphatic carbocycles. The molecule has 0 bridgehead atoms. The first-order valence-electron chi connectivity index (χ1n) is 22.2. The molecular formula is C61H42N2O. The van der Waals surface area contributed by atoms with Crippen molar-refractivity contribution in [1.82, 2.24) is 4.57 Å². The number of anilines is 3. The fourth-order valence-electron chi connectivity index (χ4n) is 10.8. The molecule has 0 spiro atoms. The van der Waals surface area contributed by atoms with E-state index in [1.54, 1.807) is 0 Å². The highest BCUT2D eigenvalue weighted by atomic mass is 16.3. The Bertz CT molecular complexity index is 3810. The monoisotopic (exact) mass is 818 g/mol. The zero-order chi connectivity index (χ0) is 42.5. The molecule has 0 saturated heterocycles. The third kappa shape index (κ3) is 5.34. The van der Waals surface area contributed by atoms with E-state index in [-0.39, 0.29) is 5.41 Å². The number of furan rings is 1. The first-order valence-corrected chi connectivity index (χ1v) is 22.2. The molecule has 2 aromatic heterocycles. The van der Waals surface area contributed by atoms with Crippen molar-refractivity contribution < 1.29 is 4.42 Å². The van der Waals surface area contributed by atoms with Crippen LogP contribution in [0.3, 0.4) is 0 Å². The molecule has 64 heavy (non-hydrogen) atoms. The molecular weight excluding hydrogens is 777 g/mol. The Labute approximate surface area is 371 Å². The van der Waals surface area contributed by atoms with Gasteiger partial charge < -0.3 is 13.9 Å². The lowest BCUT2D eigenvalue weighted by Crippen LogP contribution is -2.14. The fraction of sp³-hybridized carbons (Fsp3) is 0.0492. The van der Waals surface area contributed by atoms with Crippen LogP contribution in [0.5, 0.6) is 0 Å². The normalized spacial score (nSPS) is 13.0. The maximum Gasteiger partial charge on any atom is 0.143 e. The smallest absolute Gasteiger partial charge is 0.143 e. The van der Waals surface area contributed by atoms with Crippen LogP contribution in [0, 0.1) is 0 Å². The van der Waals surface area contributed by atoms with Gasteiger partial charge in [-0.15, -0.1) is 0 Å². The van der Waals surface area contributed by atoms with Crippen molar-refractivity contribution in [2.45, 2.75) is 19.3 Å². The van der Waals surface area contributed by atoms with Gasteiger partial charge in [-0.25, -0.2) is 0 Å². The van der Waals surface area contributed by atoms with Gasteiger partial charge in [0.05, 0.1) is 16.7 Å². The molecule has 0 unspecified atom stereocenters. The molecule has 13 rings (SSSR count). The summed E-state index contributed by atoms with van der Waals surface area (Å²) in [7, 11) is 0. The summed E-state index contributed by atoms with van der Waals surface area (Å²) in [6, 6.07) is 79.6. The predicted molar refractivity (Wildman–Crippen MR) is 269 cm³/mol. The van der Waals surface area contributed by atoms with Gasteiger partial charge in [0.2, 0.25) is 0 Å². The Kier molecular flexibility index (Phi) is 7.95. The molecule has 302 valence electrons. The molecule has 1 aliphatic rings. The first-order chi connectivity index (χ1) is 31.5. The topological polar surface area (TPSA) is 21.3 Å². The summed E-state index contributed by atoms with van der Waals surface area (Å²) < 4.78 is 9.00. The molecule has 3 nitrogen and oxygen atoms in total. The summed E-state index contributed by atoms with van der Waals surface area (Å²) >= 11 is 0. The van der Waals surface area contributed by atoms with E-state index in [2.05, 4.69) is 242 Å². The fourth-order valence-corrected chi connectivity index (χ4v) is 10.8. The Balaban J connectivity index is 1.03. The Morgan fingerprint density at radius 1 is 0.438 bits per heavy atom. The predicted octanol–water partition coefficient (Wildman–Crippen LogP) is 16.9. The minimum absolute atomic E-state index is 0.110. The Morgan fingerprint density at radius 3 is 1.97 bits per heavy atom. The van der Waals surface area contributed by atoms with Gasteiger partial charge in [-0.2, -0.15) is 0 Å². The second kappa shape index (κ2) is 13.9. The molecule has 0 atom stereocenters. The molecule has 0 aliphatic heterocycles. The third-order valence-corrected chi connectivity index (χ3v) is 13.8. The molecule has 2 heterocycles. The van der Waals surface area contributed by atoms with Crippen LogP contribution in [0.4, 0.5) is 17.1 Å². The maximum atomic E-state index is 6.61. The number of hydrogen-bond acceptors (Lipinski definition) is 2. The summed E-state index contributed by atoms with van der Waals surface area (Å²) in [6.45, 7) is 4.72. The van der Waals surface area contributed by atoms with Crippen molar-refractivity contribution in [2.24, 2.45) is 0 Å². The highest BCUT2D eigenvalue weighted by molar-refractivity contribution is 6.19. The number of aromatic nitrogens is 1. The number of hydrogen-bond donors (Lipinski definition) is 0. The van der Waals surface area contributed by atoms with E-state index in [0.29, 0.717) is 0 Å². The van der Waals surface area contributed by atoms with Gasteiger partial charge in [0, 0.05) is 55.0 Å². The van der Waals surface area contributed by atoms with Gasteiger partial charge in [0.25, 0.3) is 0 Å². The van der Waals surface area contributed by atoms with Crippen LogP contribution < -0.4 is 4.90 Å². The van der Waals surface area contributed by atoms with Crippen LogP contribution in [-0.2, 0) is 5.41 Å².